The number of fused-ring (bicyclic) bond motifs is 1. The molecule has 0 radical (unpaired) electrons. The quantitative estimate of drug-likeness (QED) is 0.458. The number of carboxylic acids is 2. The fourth-order valence-corrected chi connectivity index (χ4v) is 6.46. The zero-order valence-corrected chi connectivity index (χ0v) is 23.3. The average Bonchev–Trinajstić information content (AvgIpc) is 3.28. The van der Waals surface area contributed by atoms with E-state index in [0.717, 1.165) is 18.7 Å². The molecule has 41 heavy (non-hydrogen) atoms. The summed E-state index contributed by atoms with van der Waals surface area (Å²) in [5, 5.41) is 13.9. The molecule has 17 heteroatoms. The number of hydrogen-bond donors (Lipinski definition) is 2. The molecule has 0 aliphatic carbocycles. The summed E-state index contributed by atoms with van der Waals surface area (Å²) >= 11 is 0. The van der Waals surface area contributed by atoms with Gasteiger partial charge in [0.25, 0.3) is 0 Å². The fourth-order valence-electron chi connectivity index (χ4n) is 4.33. The number of amides is 1. The van der Waals surface area contributed by atoms with Gasteiger partial charge in [-0.25, -0.2) is 18.0 Å². The van der Waals surface area contributed by atoms with Crippen molar-refractivity contribution >= 4 is 27.7 Å². The molecule has 0 bridgehead atoms. The van der Waals surface area contributed by atoms with E-state index in [1.54, 1.807) is 18.1 Å². The van der Waals surface area contributed by atoms with Crippen LogP contribution in [0.15, 0.2) is 24.4 Å². The Hall–Kier alpha value is -2.95. The Labute approximate surface area is 233 Å². The highest BCUT2D eigenvalue weighted by Crippen LogP contribution is 2.38. The molecule has 10 nitrogen and oxygen atoms in total. The molecule has 2 aliphatic heterocycles. The number of hydrogen-bond acceptors (Lipinski definition) is 7. The summed E-state index contributed by atoms with van der Waals surface area (Å²) in [7, 11) is -1.32. The lowest BCUT2D eigenvalue weighted by Crippen LogP contribution is -2.47. The number of aromatic nitrogens is 1. The number of aliphatic carboxylic acids is 2. The van der Waals surface area contributed by atoms with Crippen LogP contribution in [-0.2, 0) is 30.8 Å². The molecule has 2 aliphatic rings. The lowest BCUT2D eigenvalue weighted by molar-refractivity contribution is -0.193. The van der Waals surface area contributed by atoms with E-state index in [0.29, 0.717) is 32.0 Å². The second-order valence-corrected chi connectivity index (χ2v) is 12.4. The lowest BCUT2D eigenvalue weighted by atomic mass is 9.87. The minimum absolute atomic E-state index is 0.0521. The molecule has 0 saturated carbocycles. The van der Waals surface area contributed by atoms with E-state index in [1.807, 2.05) is 18.2 Å². The van der Waals surface area contributed by atoms with Crippen molar-refractivity contribution in [1.29, 1.82) is 0 Å². The molecule has 234 valence electrons. The second kappa shape index (κ2) is 14.8. The number of carbonyl (C=O) groups is 3. The van der Waals surface area contributed by atoms with Gasteiger partial charge < -0.3 is 20.0 Å². The smallest absolute Gasteiger partial charge is 0.475 e. The van der Waals surface area contributed by atoms with Crippen LogP contribution in [0.3, 0.4) is 0 Å². The second-order valence-electron chi connectivity index (χ2n) is 10.0. The highest BCUT2D eigenvalue weighted by molar-refractivity contribution is 7.92. The fraction of sp³-hybridized carbons (Fsp3) is 0.667. The van der Waals surface area contributed by atoms with E-state index >= 15 is 0 Å². The van der Waals surface area contributed by atoms with Gasteiger partial charge in [0.15, 0.2) is 9.84 Å². The predicted octanol–water partition coefficient (Wildman–Crippen LogP) is 3.09. The van der Waals surface area contributed by atoms with Crippen LogP contribution in [0.1, 0.15) is 32.4 Å². The summed E-state index contributed by atoms with van der Waals surface area (Å²) in [5.41, 5.74) is 0.846. The molecule has 3 atom stereocenters. The van der Waals surface area contributed by atoms with Gasteiger partial charge in [0, 0.05) is 38.2 Å². The van der Waals surface area contributed by atoms with E-state index in [9.17, 15) is 39.6 Å². The first-order valence-electron chi connectivity index (χ1n) is 12.4. The number of sulfone groups is 1. The van der Waals surface area contributed by atoms with Crippen LogP contribution in [0.25, 0.3) is 0 Å². The highest BCUT2D eigenvalue weighted by Gasteiger charge is 2.50. The number of carbonyl (C=O) groups excluding carboxylic acids is 1. The third-order valence-corrected chi connectivity index (χ3v) is 8.63. The van der Waals surface area contributed by atoms with Gasteiger partial charge in [-0.1, -0.05) is 19.9 Å². The molecule has 1 amide bonds. The molecule has 2 fully saturated rings. The topological polar surface area (TPSA) is 145 Å². The van der Waals surface area contributed by atoms with E-state index in [1.165, 1.54) is 0 Å². The Morgan fingerprint density at radius 2 is 1.59 bits per heavy atom. The Bertz CT molecular complexity index is 1110. The molecule has 0 unspecified atom stereocenters. The molecule has 0 aromatic carbocycles. The van der Waals surface area contributed by atoms with Crippen molar-refractivity contribution in [3.63, 3.8) is 0 Å². The molecular weight excluding hydrogens is 588 g/mol. The molecule has 0 spiro atoms. The Morgan fingerprint density at radius 3 is 2.02 bits per heavy atom. The number of likely N-dealkylation sites (tertiary alicyclic amines) is 1. The maximum absolute atomic E-state index is 13.1. The van der Waals surface area contributed by atoms with Crippen LogP contribution in [0.2, 0.25) is 0 Å². The van der Waals surface area contributed by atoms with Crippen molar-refractivity contribution in [2.75, 3.05) is 32.4 Å². The van der Waals surface area contributed by atoms with Crippen molar-refractivity contribution < 1.29 is 59.4 Å². The number of alkyl halides is 6. The van der Waals surface area contributed by atoms with Gasteiger partial charge in [0.05, 0.1) is 23.2 Å². The number of rotatable bonds is 6. The first-order chi connectivity index (χ1) is 18.7. The SMILES string of the molecule is CC(C)CCN1C[C@H]2[C@@H](C1)S(=O)(=O)CC[C@H]2C(=O)N(C)Cc1ccccn1.O=C(O)C(F)(F)F.O=C(O)C(F)(F)F. The molecule has 1 aromatic heterocycles. The summed E-state index contributed by atoms with van der Waals surface area (Å²) in [5.74, 6) is -5.05. The van der Waals surface area contributed by atoms with Gasteiger partial charge >= 0.3 is 24.3 Å². The van der Waals surface area contributed by atoms with Gasteiger partial charge in [-0.05, 0) is 37.4 Å². The molecular formula is C24H33F6N3O7S. The first-order valence-corrected chi connectivity index (χ1v) is 14.1. The summed E-state index contributed by atoms with van der Waals surface area (Å²) in [6.07, 6.45) is -6.95. The third-order valence-electron chi connectivity index (χ3n) is 6.40. The summed E-state index contributed by atoms with van der Waals surface area (Å²) < 4.78 is 88.7. The highest BCUT2D eigenvalue weighted by atomic mass is 32.2. The molecule has 2 saturated heterocycles. The van der Waals surface area contributed by atoms with Gasteiger partial charge in [-0.2, -0.15) is 26.3 Å². The molecule has 1 aromatic rings. The van der Waals surface area contributed by atoms with E-state index in [4.69, 9.17) is 19.8 Å². The molecule has 3 heterocycles. The van der Waals surface area contributed by atoms with Gasteiger partial charge in [-0.3, -0.25) is 9.78 Å². The monoisotopic (exact) mass is 621 g/mol. The van der Waals surface area contributed by atoms with Crippen molar-refractivity contribution in [3.8, 4) is 0 Å². The maximum Gasteiger partial charge on any atom is 0.490 e. The van der Waals surface area contributed by atoms with Crippen LogP contribution >= 0.6 is 0 Å². The van der Waals surface area contributed by atoms with Gasteiger partial charge in [-0.15, -0.1) is 0 Å². The zero-order valence-electron chi connectivity index (χ0n) is 22.5. The predicted molar refractivity (Wildman–Crippen MR) is 133 cm³/mol. The first kappa shape index (κ1) is 36.1. The molecule has 3 rings (SSSR count). The van der Waals surface area contributed by atoms with Crippen LogP contribution in [0.4, 0.5) is 26.3 Å². The molecule has 2 N–H and O–H groups in total. The number of pyridine rings is 1. The summed E-state index contributed by atoms with van der Waals surface area (Å²) in [6, 6.07) is 5.67. The van der Waals surface area contributed by atoms with Crippen molar-refractivity contribution in [2.45, 2.75) is 50.8 Å². The zero-order chi connectivity index (χ0) is 31.8. The van der Waals surface area contributed by atoms with Crippen LogP contribution in [-0.4, -0.2) is 101 Å². The van der Waals surface area contributed by atoms with Crippen molar-refractivity contribution in [3.05, 3.63) is 30.1 Å². The van der Waals surface area contributed by atoms with Gasteiger partial charge in [0.1, 0.15) is 0 Å². The maximum atomic E-state index is 13.1. The van der Waals surface area contributed by atoms with Crippen molar-refractivity contribution in [2.24, 2.45) is 17.8 Å². The van der Waals surface area contributed by atoms with E-state index in [-0.39, 0.29) is 23.5 Å². The lowest BCUT2D eigenvalue weighted by Gasteiger charge is -2.34. The largest absolute Gasteiger partial charge is 0.490 e. The number of nitrogens with zero attached hydrogens (tertiary/aromatic N) is 3. The Balaban J connectivity index is 0.000000497. The third kappa shape index (κ3) is 11.8. The van der Waals surface area contributed by atoms with E-state index in [2.05, 4.69) is 23.7 Å². The van der Waals surface area contributed by atoms with Crippen LogP contribution in [0.5, 0.6) is 0 Å². The summed E-state index contributed by atoms with van der Waals surface area (Å²) in [4.78, 5) is 39.2. The Morgan fingerprint density at radius 1 is 1.05 bits per heavy atom. The minimum Gasteiger partial charge on any atom is -0.475 e. The summed E-state index contributed by atoms with van der Waals surface area (Å²) in [6.45, 7) is 7.01. The van der Waals surface area contributed by atoms with E-state index < -0.39 is 39.4 Å². The van der Waals surface area contributed by atoms with Crippen molar-refractivity contribution in [1.82, 2.24) is 14.8 Å². The van der Waals surface area contributed by atoms with Crippen LogP contribution in [0, 0.1) is 17.8 Å². The number of carboxylic acid groups (broad SMARTS) is 2. The Kier molecular flexibility index (Phi) is 13.0. The van der Waals surface area contributed by atoms with Crippen LogP contribution < -0.4 is 0 Å². The number of halogens is 6. The average molecular weight is 622 g/mol. The standard InChI is InChI=1S/C20H31N3O3S.2C2HF3O2/c1-15(2)7-10-23-13-18-17(8-11-27(25,26)19(18)14-23)20(24)22(3)12-16-6-4-5-9-21-16;2*3-2(4,5)1(6)7/h4-6,9,15,17-19H,7-8,10-14H2,1-3H3;2*(H,6,7)/t17-,18-,19-;;/m1../s1. The van der Waals surface area contributed by atoms with Gasteiger partial charge in [0.2, 0.25) is 5.91 Å². The normalized spacial score (nSPS) is 22.0. The minimum atomic E-state index is -5.08.